The lowest BCUT2D eigenvalue weighted by atomic mass is 10.2. The van der Waals surface area contributed by atoms with Crippen molar-refractivity contribution in [1.29, 1.82) is 0 Å². The van der Waals surface area contributed by atoms with E-state index in [2.05, 4.69) is 10.2 Å². The first-order chi connectivity index (χ1) is 9.86. The van der Waals surface area contributed by atoms with E-state index in [1.165, 1.54) is 19.2 Å². The zero-order valence-corrected chi connectivity index (χ0v) is 13.2. The quantitative estimate of drug-likeness (QED) is 0.856. The molecular formula is C13H15ClFN3O2S. The minimum absolute atomic E-state index is 0.00723. The number of H-pyrrole nitrogens is 1. The third kappa shape index (κ3) is 3.25. The second kappa shape index (κ2) is 6.13. The van der Waals surface area contributed by atoms with Crippen LogP contribution < -0.4 is 0 Å². The minimum atomic E-state index is -3.75. The summed E-state index contributed by atoms with van der Waals surface area (Å²) in [5.41, 5.74) is 1.27. The van der Waals surface area contributed by atoms with Crippen LogP contribution in [0, 0.1) is 12.7 Å². The summed E-state index contributed by atoms with van der Waals surface area (Å²) in [4.78, 5) is 0.0800. The third-order valence-corrected chi connectivity index (χ3v) is 5.31. The van der Waals surface area contributed by atoms with Crippen LogP contribution >= 0.6 is 11.6 Å². The summed E-state index contributed by atoms with van der Waals surface area (Å²) in [5.74, 6) is -0.411. The van der Waals surface area contributed by atoms with Gasteiger partial charge in [-0.1, -0.05) is 12.1 Å². The van der Waals surface area contributed by atoms with E-state index in [1.807, 2.05) is 0 Å². The van der Waals surface area contributed by atoms with Crippen LogP contribution in [0.2, 0.25) is 0 Å². The fraction of sp³-hybridized carbons (Fsp3) is 0.308. The molecule has 1 aromatic heterocycles. The number of rotatable bonds is 5. The molecule has 0 atom stereocenters. The van der Waals surface area contributed by atoms with Gasteiger partial charge in [-0.25, -0.2) is 12.8 Å². The maximum atomic E-state index is 13.2. The SMILES string of the molecule is Cc1[nH]nc(CCl)c1S(=O)(=O)N(C)Cc1cccc(F)c1. The van der Waals surface area contributed by atoms with Gasteiger partial charge in [0.1, 0.15) is 10.7 Å². The molecule has 21 heavy (non-hydrogen) atoms. The molecule has 0 aliphatic carbocycles. The van der Waals surface area contributed by atoms with Crippen molar-refractivity contribution in [3.8, 4) is 0 Å². The summed E-state index contributed by atoms with van der Waals surface area (Å²) in [5, 5.41) is 6.50. The Bertz CT molecular complexity index is 746. The van der Waals surface area contributed by atoms with Gasteiger partial charge in [-0.15, -0.1) is 11.6 Å². The van der Waals surface area contributed by atoms with E-state index in [-0.39, 0.29) is 23.0 Å². The summed E-state index contributed by atoms with van der Waals surface area (Å²) in [7, 11) is -2.31. The highest BCUT2D eigenvalue weighted by Crippen LogP contribution is 2.23. The van der Waals surface area contributed by atoms with E-state index in [0.717, 1.165) is 4.31 Å². The Hall–Kier alpha value is -1.44. The van der Waals surface area contributed by atoms with Crippen LogP contribution in [0.5, 0.6) is 0 Å². The van der Waals surface area contributed by atoms with E-state index in [0.29, 0.717) is 11.3 Å². The lowest BCUT2D eigenvalue weighted by Gasteiger charge is -2.17. The predicted molar refractivity (Wildman–Crippen MR) is 77.9 cm³/mol. The molecule has 2 aromatic rings. The first-order valence-corrected chi connectivity index (χ1v) is 8.14. The monoisotopic (exact) mass is 331 g/mol. The highest BCUT2D eigenvalue weighted by Gasteiger charge is 2.28. The molecule has 1 aromatic carbocycles. The number of nitrogens with one attached hydrogen (secondary N) is 1. The molecule has 0 radical (unpaired) electrons. The van der Waals surface area contributed by atoms with Gasteiger partial charge in [0.25, 0.3) is 0 Å². The number of aromatic amines is 1. The highest BCUT2D eigenvalue weighted by atomic mass is 35.5. The number of halogens is 2. The van der Waals surface area contributed by atoms with Crippen LogP contribution in [0.1, 0.15) is 17.0 Å². The van der Waals surface area contributed by atoms with E-state index in [9.17, 15) is 12.8 Å². The Balaban J connectivity index is 2.33. The van der Waals surface area contributed by atoms with Gasteiger partial charge < -0.3 is 0 Å². The number of hydrogen-bond donors (Lipinski definition) is 1. The topological polar surface area (TPSA) is 66.1 Å². The van der Waals surface area contributed by atoms with Crippen LogP contribution in [-0.4, -0.2) is 30.0 Å². The van der Waals surface area contributed by atoms with Gasteiger partial charge in [0.15, 0.2) is 0 Å². The second-order valence-electron chi connectivity index (χ2n) is 4.65. The second-order valence-corrected chi connectivity index (χ2v) is 6.90. The zero-order valence-electron chi connectivity index (χ0n) is 11.6. The van der Waals surface area contributed by atoms with Crippen molar-refractivity contribution in [3.05, 3.63) is 47.0 Å². The maximum Gasteiger partial charge on any atom is 0.246 e. The number of aryl methyl sites for hydroxylation is 1. The Morgan fingerprint density at radius 1 is 1.43 bits per heavy atom. The average Bonchev–Trinajstić information content (AvgIpc) is 2.80. The summed E-state index contributed by atoms with van der Waals surface area (Å²) in [6, 6.07) is 5.82. The third-order valence-electron chi connectivity index (χ3n) is 3.05. The van der Waals surface area contributed by atoms with Crippen molar-refractivity contribution in [3.63, 3.8) is 0 Å². The number of benzene rings is 1. The number of aromatic nitrogens is 2. The molecule has 1 heterocycles. The standard InChI is InChI=1S/C13H15ClFN3O2S/c1-9-13(12(7-14)17-16-9)21(19,20)18(2)8-10-4-3-5-11(15)6-10/h3-6H,7-8H2,1-2H3,(H,16,17). The first kappa shape index (κ1) is 15.9. The fourth-order valence-corrected chi connectivity index (χ4v) is 3.79. The van der Waals surface area contributed by atoms with E-state index < -0.39 is 15.8 Å². The molecule has 0 saturated carbocycles. The first-order valence-electron chi connectivity index (χ1n) is 6.17. The lowest BCUT2D eigenvalue weighted by molar-refractivity contribution is 0.464. The molecule has 0 fully saturated rings. The maximum absolute atomic E-state index is 13.2. The molecule has 8 heteroatoms. The molecule has 0 spiro atoms. The molecule has 114 valence electrons. The number of nitrogens with zero attached hydrogens (tertiary/aromatic N) is 2. The van der Waals surface area contributed by atoms with Crippen LogP contribution in [0.4, 0.5) is 4.39 Å². The average molecular weight is 332 g/mol. The summed E-state index contributed by atoms with van der Waals surface area (Å²) >= 11 is 5.72. The highest BCUT2D eigenvalue weighted by molar-refractivity contribution is 7.89. The summed E-state index contributed by atoms with van der Waals surface area (Å²) in [6.45, 7) is 1.68. The molecular weight excluding hydrogens is 317 g/mol. The Kier molecular flexibility index (Phi) is 4.65. The summed E-state index contributed by atoms with van der Waals surface area (Å²) < 4.78 is 39.5. The smallest absolute Gasteiger partial charge is 0.246 e. The van der Waals surface area contributed by atoms with Crippen LogP contribution in [-0.2, 0) is 22.4 Å². The van der Waals surface area contributed by atoms with Crippen molar-refractivity contribution in [2.24, 2.45) is 0 Å². The molecule has 0 aliphatic rings. The van der Waals surface area contributed by atoms with Crippen LogP contribution in [0.25, 0.3) is 0 Å². The van der Waals surface area contributed by atoms with Crippen molar-refractivity contribution in [2.45, 2.75) is 24.2 Å². The van der Waals surface area contributed by atoms with Crippen molar-refractivity contribution in [1.82, 2.24) is 14.5 Å². The lowest BCUT2D eigenvalue weighted by Crippen LogP contribution is -2.27. The van der Waals surface area contributed by atoms with Gasteiger partial charge in [-0.05, 0) is 24.6 Å². The van der Waals surface area contributed by atoms with E-state index >= 15 is 0 Å². The van der Waals surface area contributed by atoms with Gasteiger partial charge in [0.2, 0.25) is 10.0 Å². The molecule has 0 bridgehead atoms. The van der Waals surface area contributed by atoms with E-state index in [1.54, 1.807) is 19.1 Å². The van der Waals surface area contributed by atoms with Gasteiger partial charge in [-0.2, -0.15) is 9.40 Å². The molecule has 0 saturated heterocycles. The zero-order chi connectivity index (χ0) is 15.6. The van der Waals surface area contributed by atoms with Gasteiger partial charge in [0.05, 0.1) is 17.3 Å². The Labute approximate surface area is 127 Å². The number of hydrogen-bond acceptors (Lipinski definition) is 3. The molecule has 2 rings (SSSR count). The molecule has 0 amide bonds. The largest absolute Gasteiger partial charge is 0.281 e. The van der Waals surface area contributed by atoms with Gasteiger partial charge in [0, 0.05) is 13.6 Å². The van der Waals surface area contributed by atoms with Crippen LogP contribution in [0.3, 0.4) is 0 Å². The molecule has 0 aliphatic heterocycles. The van der Waals surface area contributed by atoms with Crippen molar-refractivity contribution < 1.29 is 12.8 Å². The van der Waals surface area contributed by atoms with Gasteiger partial charge in [-0.3, -0.25) is 5.10 Å². The minimum Gasteiger partial charge on any atom is -0.281 e. The molecule has 0 unspecified atom stereocenters. The normalized spacial score (nSPS) is 12.0. The Morgan fingerprint density at radius 3 is 2.76 bits per heavy atom. The number of sulfonamides is 1. The van der Waals surface area contributed by atoms with Crippen molar-refractivity contribution in [2.75, 3.05) is 7.05 Å². The Morgan fingerprint density at radius 2 is 2.14 bits per heavy atom. The van der Waals surface area contributed by atoms with E-state index in [4.69, 9.17) is 11.6 Å². The summed E-state index contributed by atoms with van der Waals surface area (Å²) in [6.07, 6.45) is 0. The van der Waals surface area contributed by atoms with Gasteiger partial charge >= 0.3 is 0 Å². The number of alkyl halides is 1. The molecule has 5 nitrogen and oxygen atoms in total. The van der Waals surface area contributed by atoms with Crippen LogP contribution in [0.15, 0.2) is 29.2 Å². The molecule has 1 N–H and O–H groups in total. The predicted octanol–water partition coefficient (Wildman–Crippen LogP) is 2.42. The van der Waals surface area contributed by atoms with Crippen molar-refractivity contribution >= 4 is 21.6 Å². The fourth-order valence-electron chi connectivity index (χ4n) is 2.04.